The van der Waals surface area contributed by atoms with E-state index in [1.807, 2.05) is 20.8 Å². The van der Waals surface area contributed by atoms with Crippen LogP contribution in [0.4, 0.5) is 0 Å². The molecule has 0 saturated carbocycles. The highest BCUT2D eigenvalue weighted by Gasteiger charge is 2.55. The van der Waals surface area contributed by atoms with Gasteiger partial charge in [-0.25, -0.2) is 9.67 Å². The van der Waals surface area contributed by atoms with Crippen molar-refractivity contribution < 1.29 is 28.5 Å². The average Bonchev–Trinajstić information content (AvgIpc) is 3.34. The van der Waals surface area contributed by atoms with Crippen LogP contribution in [-0.4, -0.2) is 90.2 Å². The minimum absolute atomic E-state index is 0.0972. The minimum Gasteiger partial charge on any atom is -0.383 e. The molecule has 4 atom stereocenters. The lowest BCUT2D eigenvalue weighted by Gasteiger charge is -2.23. The normalized spacial score (nSPS) is 28.5. The number of aromatic nitrogens is 3. The average molecular weight is 398 g/mol. The smallest absolute Gasteiger partial charge is 0.293 e. The molecule has 1 aromatic rings. The molecular formula is C18H30N4O6. The second-order valence-corrected chi connectivity index (χ2v) is 7.36. The van der Waals surface area contributed by atoms with Crippen molar-refractivity contribution in [2.45, 2.75) is 57.5 Å². The molecule has 1 unspecified atom stereocenters. The quantitative estimate of drug-likeness (QED) is 0.604. The van der Waals surface area contributed by atoms with E-state index in [-0.39, 0.29) is 30.0 Å². The molecule has 0 N–H and O–H groups in total. The van der Waals surface area contributed by atoms with Crippen molar-refractivity contribution >= 4 is 5.91 Å². The number of fused-ring (bicyclic) bond motifs is 1. The largest absolute Gasteiger partial charge is 0.383 e. The van der Waals surface area contributed by atoms with Crippen molar-refractivity contribution in [1.29, 1.82) is 0 Å². The molecule has 0 bridgehead atoms. The van der Waals surface area contributed by atoms with Gasteiger partial charge in [-0.1, -0.05) is 6.92 Å². The van der Waals surface area contributed by atoms with E-state index < -0.39 is 12.0 Å². The fourth-order valence-corrected chi connectivity index (χ4v) is 3.56. The summed E-state index contributed by atoms with van der Waals surface area (Å²) in [6.45, 7) is 7.51. The van der Waals surface area contributed by atoms with E-state index in [1.54, 1.807) is 23.8 Å². The standard InChI is InChI=1S/C18H30N4O6/c1-6-12-13-14(28-18(2,3)27-13)17(26-12)22-11-19-15(20-22)16(23)21(7-9-24-4)8-10-25-5/h11-14,17H,6-10H2,1-5H3/t12-,13?,14+,17-/m1/s1. The summed E-state index contributed by atoms with van der Waals surface area (Å²) in [5, 5.41) is 4.38. The number of nitrogens with zero attached hydrogens (tertiary/aromatic N) is 4. The van der Waals surface area contributed by atoms with E-state index in [1.165, 1.54) is 6.33 Å². The van der Waals surface area contributed by atoms with Crippen LogP contribution < -0.4 is 0 Å². The van der Waals surface area contributed by atoms with Gasteiger partial charge in [-0.3, -0.25) is 4.79 Å². The Morgan fingerprint density at radius 3 is 2.46 bits per heavy atom. The van der Waals surface area contributed by atoms with Crippen molar-refractivity contribution in [3.05, 3.63) is 12.2 Å². The van der Waals surface area contributed by atoms with Crippen LogP contribution >= 0.6 is 0 Å². The van der Waals surface area contributed by atoms with Gasteiger partial charge in [0.15, 0.2) is 12.0 Å². The molecule has 3 heterocycles. The lowest BCUT2D eigenvalue weighted by Crippen LogP contribution is -2.37. The molecule has 0 spiro atoms. The zero-order valence-corrected chi connectivity index (χ0v) is 17.2. The number of rotatable bonds is 9. The Kier molecular flexibility index (Phi) is 6.66. The molecule has 2 saturated heterocycles. The van der Waals surface area contributed by atoms with Crippen LogP contribution in [0.25, 0.3) is 0 Å². The first-order valence-electron chi connectivity index (χ1n) is 9.59. The van der Waals surface area contributed by atoms with E-state index in [0.29, 0.717) is 26.3 Å². The van der Waals surface area contributed by atoms with Crippen molar-refractivity contribution in [2.24, 2.45) is 0 Å². The van der Waals surface area contributed by atoms with Gasteiger partial charge < -0.3 is 28.6 Å². The van der Waals surface area contributed by atoms with Gasteiger partial charge in [0, 0.05) is 27.3 Å². The first-order valence-corrected chi connectivity index (χ1v) is 9.59. The highest BCUT2D eigenvalue weighted by molar-refractivity contribution is 5.90. The van der Waals surface area contributed by atoms with Crippen LogP contribution in [0.2, 0.25) is 0 Å². The Morgan fingerprint density at radius 1 is 1.21 bits per heavy atom. The maximum absolute atomic E-state index is 12.8. The molecule has 158 valence electrons. The molecule has 2 fully saturated rings. The summed E-state index contributed by atoms with van der Waals surface area (Å²) >= 11 is 0. The number of carbonyl (C=O) groups is 1. The second-order valence-electron chi connectivity index (χ2n) is 7.36. The van der Waals surface area contributed by atoms with Crippen molar-refractivity contribution in [1.82, 2.24) is 19.7 Å². The number of hydrogen-bond acceptors (Lipinski definition) is 8. The summed E-state index contributed by atoms with van der Waals surface area (Å²) in [5.74, 6) is -0.856. The van der Waals surface area contributed by atoms with Gasteiger partial charge in [-0.05, 0) is 20.3 Å². The lowest BCUT2D eigenvalue weighted by molar-refractivity contribution is -0.198. The Morgan fingerprint density at radius 2 is 1.86 bits per heavy atom. The third-order valence-electron chi connectivity index (χ3n) is 4.91. The monoisotopic (exact) mass is 398 g/mol. The van der Waals surface area contributed by atoms with E-state index >= 15 is 0 Å². The van der Waals surface area contributed by atoms with E-state index in [2.05, 4.69) is 10.1 Å². The highest BCUT2D eigenvalue weighted by atomic mass is 16.8. The van der Waals surface area contributed by atoms with Crippen LogP contribution in [0.15, 0.2) is 6.33 Å². The first kappa shape index (κ1) is 21.1. The van der Waals surface area contributed by atoms with Crippen LogP contribution in [0.3, 0.4) is 0 Å². The summed E-state index contributed by atoms with van der Waals surface area (Å²) in [6.07, 6.45) is 1.24. The third kappa shape index (κ3) is 4.36. The molecule has 0 aromatic carbocycles. The maximum Gasteiger partial charge on any atom is 0.293 e. The number of carbonyl (C=O) groups excluding carboxylic acids is 1. The number of ether oxygens (including phenoxy) is 5. The van der Waals surface area contributed by atoms with Crippen LogP contribution in [0, 0.1) is 0 Å². The topological polar surface area (TPSA) is 97.2 Å². The fourth-order valence-electron chi connectivity index (χ4n) is 3.56. The Hall–Kier alpha value is -1.59. The summed E-state index contributed by atoms with van der Waals surface area (Å²) < 4.78 is 29.8. The molecule has 10 nitrogen and oxygen atoms in total. The van der Waals surface area contributed by atoms with E-state index in [9.17, 15) is 4.79 Å². The zero-order chi connectivity index (χ0) is 20.3. The zero-order valence-electron chi connectivity index (χ0n) is 17.2. The molecule has 3 rings (SSSR count). The molecule has 0 radical (unpaired) electrons. The van der Waals surface area contributed by atoms with Crippen LogP contribution in [0.5, 0.6) is 0 Å². The number of hydrogen-bond donors (Lipinski definition) is 0. The van der Waals surface area contributed by atoms with Crippen molar-refractivity contribution in [3.63, 3.8) is 0 Å². The van der Waals surface area contributed by atoms with E-state index in [0.717, 1.165) is 6.42 Å². The summed E-state index contributed by atoms with van der Waals surface area (Å²) in [5.41, 5.74) is 0. The van der Waals surface area contributed by atoms with Gasteiger partial charge in [0.2, 0.25) is 5.82 Å². The van der Waals surface area contributed by atoms with Crippen molar-refractivity contribution in [2.75, 3.05) is 40.5 Å². The second kappa shape index (κ2) is 8.83. The van der Waals surface area contributed by atoms with Gasteiger partial charge in [-0.15, -0.1) is 5.10 Å². The molecule has 2 aliphatic rings. The molecule has 2 aliphatic heterocycles. The molecule has 10 heteroatoms. The Bertz CT molecular complexity index is 658. The predicted molar refractivity (Wildman–Crippen MR) is 97.7 cm³/mol. The highest BCUT2D eigenvalue weighted by Crippen LogP contribution is 2.43. The molecular weight excluding hydrogens is 368 g/mol. The molecule has 0 aliphatic carbocycles. The fraction of sp³-hybridized carbons (Fsp3) is 0.833. The minimum atomic E-state index is -0.679. The lowest BCUT2D eigenvalue weighted by atomic mass is 10.1. The summed E-state index contributed by atoms with van der Waals surface area (Å²) in [6, 6.07) is 0. The van der Waals surface area contributed by atoms with Gasteiger partial charge in [0.1, 0.15) is 18.5 Å². The predicted octanol–water partition coefficient (Wildman–Crippen LogP) is 0.841. The van der Waals surface area contributed by atoms with E-state index in [4.69, 9.17) is 23.7 Å². The van der Waals surface area contributed by atoms with Gasteiger partial charge >= 0.3 is 0 Å². The third-order valence-corrected chi connectivity index (χ3v) is 4.91. The SMILES string of the molecule is CC[C@H]1O[C@@H](n2cnc(C(=O)N(CCOC)CCOC)n2)[C@H]2OC(C)(C)OC12. The van der Waals surface area contributed by atoms with Crippen LogP contribution in [-0.2, 0) is 23.7 Å². The van der Waals surface area contributed by atoms with Crippen LogP contribution in [0.1, 0.15) is 44.0 Å². The number of amides is 1. The number of methoxy groups -OCH3 is 2. The Labute approximate surface area is 165 Å². The molecule has 1 aromatic heterocycles. The maximum atomic E-state index is 12.8. The summed E-state index contributed by atoms with van der Waals surface area (Å²) in [4.78, 5) is 18.6. The summed E-state index contributed by atoms with van der Waals surface area (Å²) in [7, 11) is 3.18. The van der Waals surface area contributed by atoms with Crippen molar-refractivity contribution in [3.8, 4) is 0 Å². The molecule has 28 heavy (non-hydrogen) atoms. The van der Waals surface area contributed by atoms with Gasteiger partial charge in [0.05, 0.1) is 19.3 Å². The first-order chi connectivity index (χ1) is 13.4. The van der Waals surface area contributed by atoms with Gasteiger partial charge in [-0.2, -0.15) is 0 Å². The Balaban J connectivity index is 1.74. The van der Waals surface area contributed by atoms with Gasteiger partial charge in [0.25, 0.3) is 5.91 Å². The molecule has 1 amide bonds.